The molecule has 1 fully saturated rings. The Balaban J connectivity index is 2.16. The van der Waals surface area contributed by atoms with Gasteiger partial charge in [-0.3, -0.25) is 24.0 Å². The fourth-order valence-corrected chi connectivity index (χ4v) is 7.32. The summed E-state index contributed by atoms with van der Waals surface area (Å²) in [6, 6.07) is 3.73. The van der Waals surface area contributed by atoms with Gasteiger partial charge < -0.3 is 35.6 Å². The number of likely N-dealkylation sites (N-methyl/N-ethyl adjacent to an activating group) is 1. The van der Waals surface area contributed by atoms with Gasteiger partial charge in [-0.2, -0.15) is 0 Å². The molecule has 1 aliphatic heterocycles. The normalized spacial score (nSPS) is 18.5. The first-order chi connectivity index (χ1) is 24.6. The third-order valence-electron chi connectivity index (χ3n) is 10.7. The van der Waals surface area contributed by atoms with Crippen LogP contribution in [0.1, 0.15) is 92.1 Å². The van der Waals surface area contributed by atoms with Gasteiger partial charge in [0.1, 0.15) is 11.9 Å². The van der Waals surface area contributed by atoms with Gasteiger partial charge in [-0.1, -0.05) is 72.9 Å². The minimum atomic E-state index is -1.02. The summed E-state index contributed by atoms with van der Waals surface area (Å²) in [4.78, 5) is 69.6. The lowest BCUT2D eigenvalue weighted by atomic mass is 9.89. The van der Waals surface area contributed by atoms with Gasteiger partial charge in [0.25, 0.3) is 0 Å². The molecule has 0 saturated carbocycles. The number of ether oxygens (including phenoxy) is 2. The highest BCUT2D eigenvalue weighted by atomic mass is 19.1. The highest BCUT2D eigenvalue weighted by molar-refractivity contribution is 5.88. The molecule has 52 heavy (non-hydrogen) atoms. The fourth-order valence-electron chi connectivity index (χ4n) is 7.32. The second-order valence-corrected chi connectivity index (χ2v) is 14.6. The van der Waals surface area contributed by atoms with Crippen molar-refractivity contribution in [2.24, 2.45) is 29.4 Å². The van der Waals surface area contributed by atoms with Crippen LogP contribution in [0.4, 0.5) is 4.39 Å². The van der Waals surface area contributed by atoms with Crippen LogP contribution < -0.4 is 16.4 Å². The van der Waals surface area contributed by atoms with Gasteiger partial charge in [-0.25, -0.2) is 4.39 Å². The van der Waals surface area contributed by atoms with Crippen LogP contribution in [0, 0.1) is 29.5 Å². The molecule has 0 aliphatic carbocycles. The van der Waals surface area contributed by atoms with Crippen LogP contribution in [0.3, 0.4) is 0 Å². The third-order valence-corrected chi connectivity index (χ3v) is 10.7. The van der Waals surface area contributed by atoms with E-state index >= 15 is 0 Å². The molecule has 5 amide bonds. The smallest absolute Gasteiger partial charge is 0.242 e. The Labute approximate surface area is 310 Å². The molecule has 8 atom stereocenters. The van der Waals surface area contributed by atoms with Gasteiger partial charge in [-0.05, 0) is 48.8 Å². The highest BCUT2D eigenvalue weighted by Crippen LogP contribution is 2.29. The molecule has 1 heterocycles. The largest absolute Gasteiger partial charge is 0.379 e. The quantitative estimate of drug-likeness (QED) is 0.163. The van der Waals surface area contributed by atoms with E-state index in [1.165, 1.54) is 38.5 Å². The number of rotatable bonds is 22. The van der Waals surface area contributed by atoms with E-state index in [0.29, 0.717) is 24.9 Å². The lowest BCUT2D eigenvalue weighted by Gasteiger charge is -2.39. The molecule has 0 bridgehead atoms. The zero-order valence-electron chi connectivity index (χ0n) is 32.8. The van der Waals surface area contributed by atoms with Crippen molar-refractivity contribution in [2.45, 2.75) is 123 Å². The molecular formula is C39H64FN5O7. The molecule has 0 spiro atoms. The Kier molecular flexibility index (Phi) is 18.7. The number of hydrogen-bond donors (Lipinski definition) is 3. The predicted molar refractivity (Wildman–Crippen MR) is 198 cm³/mol. The maximum Gasteiger partial charge on any atom is 0.242 e. The number of methoxy groups -OCH3 is 2. The van der Waals surface area contributed by atoms with E-state index in [1.54, 1.807) is 23.8 Å². The first-order valence-corrected chi connectivity index (χ1v) is 18.8. The first-order valence-electron chi connectivity index (χ1n) is 18.8. The molecule has 294 valence electrons. The summed E-state index contributed by atoms with van der Waals surface area (Å²) in [5.41, 5.74) is 6.25. The molecule has 4 N–H and O–H groups in total. The minimum Gasteiger partial charge on any atom is -0.379 e. The SMILES string of the molecule is CCCC[C@H](C(=O)NCC(=O)N(C)[C@@H]([C@@H](C)CC)[C@@H](CC(=O)N1CCC[C@H]1C(OC)[C@@H](C)C(=O)N[C@@H](Cc1ccc(F)cc1)C(N)=O)OC)C(C)C. The number of nitrogens with one attached hydrogen (secondary N) is 2. The van der Waals surface area contributed by atoms with Crippen LogP contribution in [0.15, 0.2) is 24.3 Å². The van der Waals surface area contributed by atoms with Crippen LogP contribution in [-0.4, -0.2) is 104 Å². The number of carbonyl (C=O) groups excluding carboxylic acids is 5. The van der Waals surface area contributed by atoms with Crippen molar-refractivity contribution in [3.63, 3.8) is 0 Å². The second kappa shape index (κ2) is 21.8. The molecule has 0 aromatic heterocycles. The maximum atomic E-state index is 14.0. The zero-order valence-corrected chi connectivity index (χ0v) is 32.8. The molecule has 13 heteroatoms. The number of amides is 5. The van der Waals surface area contributed by atoms with Crippen LogP contribution in [0.2, 0.25) is 0 Å². The number of nitrogens with zero attached hydrogens (tertiary/aromatic N) is 2. The van der Waals surface area contributed by atoms with Crippen LogP contribution in [0.5, 0.6) is 0 Å². The number of unbranched alkanes of at least 4 members (excludes halogenated alkanes) is 1. The third kappa shape index (κ3) is 12.5. The fraction of sp³-hybridized carbons (Fsp3) is 0.718. The molecular weight excluding hydrogens is 669 g/mol. The molecule has 0 radical (unpaired) electrons. The van der Waals surface area contributed by atoms with E-state index < -0.39 is 53.9 Å². The summed E-state index contributed by atoms with van der Waals surface area (Å²) in [5.74, 6) is -2.96. The topological polar surface area (TPSA) is 160 Å². The average molecular weight is 734 g/mol. The minimum absolute atomic E-state index is 0.00312. The van der Waals surface area contributed by atoms with Gasteiger partial charge >= 0.3 is 0 Å². The number of halogens is 1. The maximum absolute atomic E-state index is 14.0. The van der Waals surface area contributed by atoms with Crippen LogP contribution >= 0.6 is 0 Å². The summed E-state index contributed by atoms with van der Waals surface area (Å²) in [7, 11) is 4.71. The van der Waals surface area contributed by atoms with E-state index in [0.717, 1.165) is 25.7 Å². The number of carbonyl (C=O) groups is 5. The second-order valence-electron chi connectivity index (χ2n) is 14.6. The van der Waals surface area contributed by atoms with E-state index in [1.807, 2.05) is 27.7 Å². The Morgan fingerprint density at radius 3 is 2.21 bits per heavy atom. The van der Waals surface area contributed by atoms with Crippen molar-refractivity contribution in [3.8, 4) is 0 Å². The number of nitrogens with two attached hydrogens (primary N) is 1. The standard InChI is InChI=1S/C39H64FN5O7/c1-10-12-14-29(24(3)4)39(50)42-23-34(47)44(7)35(25(5)11-2)32(51-8)22-33(46)45-20-13-15-31(45)36(52-9)26(6)38(49)43-30(37(41)48)21-27-16-18-28(40)19-17-27/h16-19,24-26,29-32,35-36H,10-15,20-23H2,1-9H3,(H2,41,48)(H,42,50)(H,43,49)/t25-,26+,29-,30-,31-,32+,35-,36?/m0/s1. The molecule has 1 aromatic rings. The summed E-state index contributed by atoms with van der Waals surface area (Å²) in [6.07, 6.45) is 3.51. The Morgan fingerprint density at radius 2 is 1.67 bits per heavy atom. The van der Waals surface area contributed by atoms with Gasteiger partial charge in [0.2, 0.25) is 29.5 Å². The van der Waals surface area contributed by atoms with Gasteiger partial charge in [0.05, 0.1) is 43.2 Å². The summed E-state index contributed by atoms with van der Waals surface area (Å²) < 4.78 is 25.2. The first kappa shape index (κ1) is 44.6. The lowest BCUT2D eigenvalue weighted by Crippen LogP contribution is -2.55. The Hall–Kier alpha value is -3.58. The highest BCUT2D eigenvalue weighted by Gasteiger charge is 2.42. The zero-order chi connectivity index (χ0) is 39.1. The summed E-state index contributed by atoms with van der Waals surface area (Å²) in [5, 5.41) is 5.58. The van der Waals surface area contributed by atoms with Crippen molar-refractivity contribution in [3.05, 3.63) is 35.6 Å². The lowest BCUT2D eigenvalue weighted by molar-refractivity contribution is -0.146. The molecule has 12 nitrogen and oxygen atoms in total. The molecule has 1 saturated heterocycles. The van der Waals surface area contributed by atoms with Crippen molar-refractivity contribution in [2.75, 3.05) is 34.4 Å². The molecule has 2 rings (SSSR count). The van der Waals surface area contributed by atoms with Crippen molar-refractivity contribution < 1.29 is 37.8 Å². The van der Waals surface area contributed by atoms with E-state index in [-0.39, 0.29) is 54.9 Å². The molecule has 1 unspecified atom stereocenters. The van der Waals surface area contributed by atoms with Gasteiger partial charge in [0.15, 0.2) is 0 Å². The Morgan fingerprint density at radius 1 is 1.02 bits per heavy atom. The Bertz CT molecular complexity index is 1310. The van der Waals surface area contributed by atoms with E-state index in [9.17, 15) is 28.4 Å². The number of hydrogen-bond acceptors (Lipinski definition) is 7. The number of likely N-dealkylation sites (tertiary alicyclic amines) is 1. The van der Waals surface area contributed by atoms with E-state index in [4.69, 9.17) is 15.2 Å². The van der Waals surface area contributed by atoms with Gasteiger partial charge in [-0.15, -0.1) is 0 Å². The van der Waals surface area contributed by atoms with Crippen molar-refractivity contribution in [1.29, 1.82) is 0 Å². The summed E-state index contributed by atoms with van der Waals surface area (Å²) >= 11 is 0. The van der Waals surface area contributed by atoms with Crippen LogP contribution in [0.25, 0.3) is 0 Å². The molecule has 1 aliphatic rings. The van der Waals surface area contributed by atoms with Crippen molar-refractivity contribution >= 4 is 29.5 Å². The van der Waals surface area contributed by atoms with E-state index in [2.05, 4.69) is 17.6 Å². The molecule has 1 aromatic carbocycles. The van der Waals surface area contributed by atoms with Gasteiger partial charge in [0, 0.05) is 40.2 Å². The average Bonchev–Trinajstić information content (AvgIpc) is 3.60. The monoisotopic (exact) mass is 733 g/mol. The predicted octanol–water partition coefficient (Wildman–Crippen LogP) is 3.84. The van der Waals surface area contributed by atoms with Crippen LogP contribution in [-0.2, 0) is 39.9 Å². The summed E-state index contributed by atoms with van der Waals surface area (Å²) in [6.45, 7) is 12.1. The number of benzene rings is 1. The van der Waals surface area contributed by atoms with Crippen molar-refractivity contribution in [1.82, 2.24) is 20.4 Å². The number of primary amides is 1.